The lowest BCUT2D eigenvalue weighted by Crippen LogP contribution is -2.31. The Bertz CT molecular complexity index is 1130. The fourth-order valence-corrected chi connectivity index (χ4v) is 4.61. The minimum absolute atomic E-state index is 0.00862. The van der Waals surface area contributed by atoms with Crippen LogP contribution in [0.15, 0.2) is 54.6 Å². The van der Waals surface area contributed by atoms with E-state index in [-0.39, 0.29) is 35.1 Å². The van der Waals surface area contributed by atoms with Gasteiger partial charge in [0.05, 0.1) is 23.1 Å². The van der Waals surface area contributed by atoms with Gasteiger partial charge < -0.3 is 10.1 Å². The lowest BCUT2D eigenvalue weighted by Gasteiger charge is -2.22. The predicted octanol–water partition coefficient (Wildman–Crippen LogP) is 3.80. The van der Waals surface area contributed by atoms with Gasteiger partial charge in [0.1, 0.15) is 0 Å². The van der Waals surface area contributed by atoms with E-state index in [0.29, 0.717) is 17.8 Å². The highest BCUT2D eigenvalue weighted by Crippen LogP contribution is 2.40. The summed E-state index contributed by atoms with van der Waals surface area (Å²) in [4.78, 5) is 51.4. The molecule has 2 aromatic rings. The van der Waals surface area contributed by atoms with Gasteiger partial charge in [-0.3, -0.25) is 19.3 Å². The average Bonchev–Trinajstić information content (AvgIpc) is 3.02. The van der Waals surface area contributed by atoms with Crippen LogP contribution in [0.4, 0.5) is 11.4 Å². The molecule has 1 aliphatic heterocycles. The van der Waals surface area contributed by atoms with Crippen LogP contribution in [-0.2, 0) is 19.1 Å². The SMILES string of the molecule is Cc1cc(C)cc(NC(=O)COC(=O)c2ccc(N3C(=O)[C@H]4[C@@H](C)C=CC[C@H]4C3=O)cc2)c1. The summed E-state index contributed by atoms with van der Waals surface area (Å²) in [5.41, 5.74) is 3.33. The van der Waals surface area contributed by atoms with Gasteiger partial charge in [0.25, 0.3) is 5.91 Å². The molecule has 1 saturated heterocycles. The third kappa shape index (κ3) is 4.58. The van der Waals surface area contributed by atoms with Gasteiger partial charge in [0.15, 0.2) is 6.61 Å². The number of anilines is 2. The molecule has 2 aromatic carbocycles. The topological polar surface area (TPSA) is 92.8 Å². The number of aryl methyl sites for hydroxylation is 2. The first-order valence-electron chi connectivity index (χ1n) is 10.9. The van der Waals surface area contributed by atoms with Crippen LogP contribution in [0.5, 0.6) is 0 Å². The minimum Gasteiger partial charge on any atom is -0.452 e. The second-order valence-electron chi connectivity index (χ2n) is 8.71. The van der Waals surface area contributed by atoms with Crippen molar-refractivity contribution in [3.8, 4) is 0 Å². The highest BCUT2D eigenvalue weighted by atomic mass is 16.5. The first-order chi connectivity index (χ1) is 15.7. The van der Waals surface area contributed by atoms with E-state index in [2.05, 4.69) is 5.32 Å². The Hall–Kier alpha value is -3.74. The number of benzene rings is 2. The molecule has 3 amide bonds. The van der Waals surface area contributed by atoms with E-state index < -0.39 is 18.5 Å². The number of rotatable bonds is 5. The molecule has 1 heterocycles. The Kier molecular flexibility index (Phi) is 6.14. The molecule has 33 heavy (non-hydrogen) atoms. The van der Waals surface area contributed by atoms with E-state index in [4.69, 9.17) is 4.74 Å². The summed E-state index contributed by atoms with van der Waals surface area (Å²) in [7, 11) is 0. The number of hydrogen-bond donors (Lipinski definition) is 1. The number of ether oxygens (including phenoxy) is 1. The molecule has 2 aliphatic rings. The van der Waals surface area contributed by atoms with E-state index >= 15 is 0 Å². The van der Waals surface area contributed by atoms with Crippen molar-refractivity contribution in [2.45, 2.75) is 27.2 Å². The zero-order chi connectivity index (χ0) is 23.7. The number of allylic oxidation sites excluding steroid dienone is 2. The van der Waals surface area contributed by atoms with Crippen molar-refractivity contribution >= 4 is 35.1 Å². The largest absolute Gasteiger partial charge is 0.452 e. The molecule has 7 nitrogen and oxygen atoms in total. The number of nitrogens with zero attached hydrogens (tertiary/aromatic N) is 1. The maximum Gasteiger partial charge on any atom is 0.338 e. The van der Waals surface area contributed by atoms with Crippen LogP contribution in [-0.4, -0.2) is 30.3 Å². The molecule has 4 rings (SSSR count). The summed E-state index contributed by atoms with van der Waals surface area (Å²) in [5, 5.41) is 2.71. The molecule has 0 saturated carbocycles. The number of hydrogen-bond acceptors (Lipinski definition) is 5. The van der Waals surface area contributed by atoms with Crippen molar-refractivity contribution in [2.75, 3.05) is 16.8 Å². The second kappa shape index (κ2) is 9.02. The summed E-state index contributed by atoms with van der Waals surface area (Å²) in [6, 6.07) is 11.7. The highest BCUT2D eigenvalue weighted by molar-refractivity contribution is 6.22. The number of amides is 3. The molecule has 0 spiro atoms. The molecular weight excluding hydrogens is 420 g/mol. The van der Waals surface area contributed by atoms with Crippen molar-refractivity contribution < 1.29 is 23.9 Å². The maximum atomic E-state index is 12.9. The van der Waals surface area contributed by atoms with E-state index in [1.54, 1.807) is 12.1 Å². The van der Waals surface area contributed by atoms with Gasteiger partial charge in [0.2, 0.25) is 11.8 Å². The number of nitrogens with one attached hydrogen (secondary N) is 1. The smallest absolute Gasteiger partial charge is 0.338 e. The fraction of sp³-hybridized carbons (Fsp3) is 0.308. The zero-order valence-corrected chi connectivity index (χ0v) is 18.8. The molecule has 170 valence electrons. The molecule has 0 bridgehead atoms. The monoisotopic (exact) mass is 446 g/mol. The van der Waals surface area contributed by atoms with Gasteiger partial charge in [-0.1, -0.05) is 25.1 Å². The van der Waals surface area contributed by atoms with Crippen molar-refractivity contribution in [1.82, 2.24) is 0 Å². The Balaban J connectivity index is 1.37. The van der Waals surface area contributed by atoms with Gasteiger partial charge in [-0.25, -0.2) is 4.79 Å². The normalized spacial score (nSPS) is 21.7. The van der Waals surface area contributed by atoms with Gasteiger partial charge in [-0.05, 0) is 73.7 Å². The predicted molar refractivity (Wildman–Crippen MR) is 124 cm³/mol. The van der Waals surface area contributed by atoms with Crippen LogP contribution in [0.1, 0.15) is 34.8 Å². The van der Waals surface area contributed by atoms with E-state index in [0.717, 1.165) is 11.1 Å². The Morgan fingerprint density at radius 1 is 1.03 bits per heavy atom. The summed E-state index contributed by atoms with van der Waals surface area (Å²) < 4.78 is 5.11. The molecule has 0 radical (unpaired) electrons. The number of carbonyl (C=O) groups is 4. The van der Waals surface area contributed by atoms with Crippen molar-refractivity contribution in [3.05, 3.63) is 71.3 Å². The van der Waals surface area contributed by atoms with Gasteiger partial charge in [0, 0.05) is 5.69 Å². The third-order valence-corrected chi connectivity index (χ3v) is 6.07. The third-order valence-electron chi connectivity index (χ3n) is 6.07. The van der Waals surface area contributed by atoms with Crippen molar-refractivity contribution in [3.63, 3.8) is 0 Å². The van der Waals surface area contributed by atoms with Crippen LogP contribution in [0.25, 0.3) is 0 Å². The standard InChI is InChI=1S/C26H26N2O5/c1-15-11-16(2)13-19(12-15)27-22(29)14-33-26(32)18-7-9-20(10-8-18)28-24(30)21-6-4-5-17(3)23(21)25(28)31/h4-5,7-13,17,21,23H,6,14H2,1-3H3,(H,27,29)/t17-,21+,23-/m0/s1. The zero-order valence-electron chi connectivity index (χ0n) is 18.8. The van der Waals surface area contributed by atoms with E-state index in [1.165, 1.54) is 17.0 Å². The molecule has 1 fully saturated rings. The summed E-state index contributed by atoms with van der Waals surface area (Å²) in [5.74, 6) is -2.19. The molecule has 0 aromatic heterocycles. The number of esters is 1. The number of fused-ring (bicyclic) bond motifs is 1. The van der Waals surface area contributed by atoms with Crippen LogP contribution in [0.3, 0.4) is 0 Å². The second-order valence-corrected chi connectivity index (χ2v) is 8.71. The molecule has 0 unspecified atom stereocenters. The number of carbonyl (C=O) groups excluding carboxylic acids is 4. The minimum atomic E-state index is -0.664. The molecule has 7 heteroatoms. The Labute approximate surface area is 192 Å². The lowest BCUT2D eigenvalue weighted by atomic mass is 9.78. The molecule has 1 N–H and O–H groups in total. The molecule has 1 aliphatic carbocycles. The van der Waals surface area contributed by atoms with Gasteiger partial charge >= 0.3 is 5.97 Å². The highest BCUT2D eigenvalue weighted by Gasteiger charge is 2.50. The van der Waals surface area contributed by atoms with Crippen molar-refractivity contribution in [2.24, 2.45) is 17.8 Å². The molecular formula is C26H26N2O5. The van der Waals surface area contributed by atoms with Crippen LogP contribution in [0.2, 0.25) is 0 Å². The average molecular weight is 447 g/mol. The van der Waals surface area contributed by atoms with Crippen LogP contribution < -0.4 is 10.2 Å². The van der Waals surface area contributed by atoms with Crippen molar-refractivity contribution in [1.29, 1.82) is 0 Å². The first kappa shape index (κ1) is 22.5. The van der Waals surface area contributed by atoms with Gasteiger partial charge in [-0.15, -0.1) is 0 Å². The maximum absolute atomic E-state index is 12.9. The first-order valence-corrected chi connectivity index (χ1v) is 10.9. The quantitative estimate of drug-likeness (QED) is 0.428. The van der Waals surface area contributed by atoms with Gasteiger partial charge in [-0.2, -0.15) is 0 Å². The van der Waals surface area contributed by atoms with Crippen LogP contribution >= 0.6 is 0 Å². The summed E-state index contributed by atoms with van der Waals surface area (Å²) in [6.45, 7) is 5.38. The summed E-state index contributed by atoms with van der Waals surface area (Å²) >= 11 is 0. The van der Waals surface area contributed by atoms with E-state index in [1.807, 2.05) is 51.1 Å². The fourth-order valence-electron chi connectivity index (χ4n) is 4.61. The summed E-state index contributed by atoms with van der Waals surface area (Å²) in [6.07, 6.45) is 4.49. The Morgan fingerprint density at radius 3 is 2.33 bits per heavy atom. The Morgan fingerprint density at radius 2 is 1.70 bits per heavy atom. The number of imide groups is 1. The van der Waals surface area contributed by atoms with E-state index in [9.17, 15) is 19.2 Å². The van der Waals surface area contributed by atoms with Crippen LogP contribution in [0, 0.1) is 31.6 Å². The molecule has 3 atom stereocenters. The lowest BCUT2D eigenvalue weighted by molar-refractivity contribution is -0.123.